The Balaban J connectivity index is 2.79. The quantitative estimate of drug-likeness (QED) is 0.657. The number of nitrogens with one attached hydrogen (secondary N) is 1. The van der Waals surface area contributed by atoms with Crippen molar-refractivity contribution in [2.75, 3.05) is 0 Å². The zero-order valence-electron chi connectivity index (χ0n) is 8.28. The zero-order valence-corrected chi connectivity index (χ0v) is 8.28. The van der Waals surface area contributed by atoms with Gasteiger partial charge in [0.25, 0.3) is 0 Å². The average Bonchev–Trinajstić information content (AvgIpc) is 2.50. The Morgan fingerprint density at radius 1 is 1.46 bits per heavy atom. The van der Waals surface area contributed by atoms with Crippen molar-refractivity contribution >= 4 is 0 Å². The van der Waals surface area contributed by atoms with E-state index in [1.165, 1.54) is 0 Å². The highest BCUT2D eigenvalue weighted by Gasteiger charge is 2.15. The highest BCUT2D eigenvalue weighted by atomic mass is 16.3. The topological polar surface area (TPSA) is 74.9 Å². The van der Waals surface area contributed by atoms with Crippen LogP contribution in [0.5, 0.6) is 0 Å². The van der Waals surface area contributed by atoms with E-state index in [2.05, 4.69) is 9.97 Å². The van der Waals surface area contributed by atoms with Crippen LogP contribution < -0.4 is 5.73 Å². The number of aliphatic hydroxyl groups is 1. The van der Waals surface area contributed by atoms with Gasteiger partial charge >= 0.3 is 0 Å². The molecular formula is C9H17N3O. The molecule has 0 bridgehead atoms. The van der Waals surface area contributed by atoms with E-state index in [4.69, 9.17) is 5.73 Å². The molecule has 1 rings (SSSR count). The van der Waals surface area contributed by atoms with Crippen molar-refractivity contribution in [1.29, 1.82) is 0 Å². The molecule has 0 aromatic carbocycles. The van der Waals surface area contributed by atoms with E-state index in [0.29, 0.717) is 11.6 Å². The van der Waals surface area contributed by atoms with E-state index in [1.54, 1.807) is 13.1 Å². The first-order chi connectivity index (χ1) is 6.02. The van der Waals surface area contributed by atoms with Crippen molar-refractivity contribution < 1.29 is 5.11 Å². The fraction of sp³-hybridized carbons (Fsp3) is 0.667. The highest BCUT2D eigenvalue weighted by molar-refractivity contribution is 5.06. The lowest BCUT2D eigenvalue weighted by molar-refractivity contribution is 0.194. The number of aromatic amines is 1. The summed E-state index contributed by atoms with van der Waals surface area (Å²) in [6, 6.07) is -0.0903. The predicted molar refractivity (Wildman–Crippen MR) is 51.0 cm³/mol. The van der Waals surface area contributed by atoms with Crippen molar-refractivity contribution in [3.63, 3.8) is 0 Å². The summed E-state index contributed by atoms with van der Waals surface area (Å²) in [5.74, 6) is 1.08. The summed E-state index contributed by atoms with van der Waals surface area (Å²) >= 11 is 0. The summed E-state index contributed by atoms with van der Waals surface area (Å²) in [7, 11) is 0. The van der Waals surface area contributed by atoms with Gasteiger partial charge in [0, 0.05) is 6.20 Å². The number of H-pyrrole nitrogens is 1. The Hall–Kier alpha value is -0.870. The van der Waals surface area contributed by atoms with Crippen LogP contribution in [0, 0.1) is 5.92 Å². The smallest absolute Gasteiger partial charge is 0.123 e. The van der Waals surface area contributed by atoms with Crippen LogP contribution in [0.3, 0.4) is 0 Å². The van der Waals surface area contributed by atoms with Crippen LogP contribution in [0.2, 0.25) is 0 Å². The van der Waals surface area contributed by atoms with Crippen LogP contribution >= 0.6 is 0 Å². The number of aromatic nitrogens is 2. The molecule has 74 valence electrons. The second-order valence-electron chi connectivity index (χ2n) is 3.66. The van der Waals surface area contributed by atoms with Gasteiger partial charge in [0.15, 0.2) is 0 Å². The molecule has 0 aliphatic carbocycles. The second kappa shape index (κ2) is 3.89. The molecule has 1 unspecified atom stereocenters. The number of hydrogen-bond donors (Lipinski definition) is 3. The van der Waals surface area contributed by atoms with E-state index in [-0.39, 0.29) is 6.04 Å². The standard InChI is InChI=1S/C9H17N3O/c1-5(2)8(10)9-11-4-7(12-9)6(3)13/h4-6,8,13H,10H2,1-3H3,(H,11,12)/t6?,8-/m0/s1. The van der Waals surface area contributed by atoms with Crippen molar-refractivity contribution in [1.82, 2.24) is 9.97 Å². The molecule has 4 N–H and O–H groups in total. The first-order valence-electron chi connectivity index (χ1n) is 4.51. The van der Waals surface area contributed by atoms with Crippen molar-refractivity contribution in [3.8, 4) is 0 Å². The third-order valence-corrected chi connectivity index (χ3v) is 2.08. The van der Waals surface area contributed by atoms with E-state index in [0.717, 1.165) is 5.82 Å². The summed E-state index contributed by atoms with van der Waals surface area (Å²) < 4.78 is 0. The van der Waals surface area contributed by atoms with E-state index in [9.17, 15) is 5.11 Å². The lowest BCUT2D eigenvalue weighted by Crippen LogP contribution is -2.18. The molecule has 0 aliphatic heterocycles. The Kier molecular flexibility index (Phi) is 3.06. The SMILES string of the molecule is CC(O)c1c[nH]c([C@@H](N)C(C)C)n1. The van der Waals surface area contributed by atoms with Crippen LogP contribution in [-0.2, 0) is 0 Å². The van der Waals surface area contributed by atoms with Gasteiger partial charge in [0.2, 0.25) is 0 Å². The molecule has 1 aromatic heterocycles. The third kappa shape index (κ3) is 2.29. The van der Waals surface area contributed by atoms with E-state index >= 15 is 0 Å². The van der Waals surface area contributed by atoms with Gasteiger partial charge in [-0.3, -0.25) is 0 Å². The molecule has 13 heavy (non-hydrogen) atoms. The number of aliphatic hydroxyl groups excluding tert-OH is 1. The predicted octanol–water partition coefficient (Wildman–Crippen LogP) is 1.12. The van der Waals surface area contributed by atoms with E-state index < -0.39 is 6.10 Å². The Morgan fingerprint density at radius 2 is 2.08 bits per heavy atom. The lowest BCUT2D eigenvalue weighted by Gasteiger charge is -2.11. The molecule has 1 aromatic rings. The Labute approximate surface area is 78.2 Å². The molecule has 4 nitrogen and oxygen atoms in total. The molecule has 0 fully saturated rings. The first kappa shape index (κ1) is 10.2. The number of hydrogen-bond acceptors (Lipinski definition) is 3. The molecule has 0 aliphatic rings. The summed E-state index contributed by atoms with van der Waals surface area (Å²) in [5.41, 5.74) is 6.52. The van der Waals surface area contributed by atoms with Crippen LogP contribution in [0.15, 0.2) is 6.20 Å². The largest absolute Gasteiger partial charge is 0.387 e. The summed E-state index contributed by atoms with van der Waals surface area (Å²) in [5, 5.41) is 9.23. The molecule has 0 saturated carbocycles. The first-order valence-corrected chi connectivity index (χ1v) is 4.51. The lowest BCUT2D eigenvalue weighted by atomic mass is 10.1. The number of rotatable bonds is 3. The number of nitrogens with two attached hydrogens (primary N) is 1. The summed E-state index contributed by atoms with van der Waals surface area (Å²) in [6.45, 7) is 5.76. The van der Waals surface area contributed by atoms with Gasteiger partial charge in [0.05, 0.1) is 17.8 Å². The maximum atomic E-state index is 9.23. The summed E-state index contributed by atoms with van der Waals surface area (Å²) in [6.07, 6.45) is 1.16. The fourth-order valence-electron chi connectivity index (χ4n) is 1.05. The minimum Gasteiger partial charge on any atom is -0.387 e. The van der Waals surface area contributed by atoms with Crippen LogP contribution in [0.4, 0.5) is 0 Å². The van der Waals surface area contributed by atoms with Crippen molar-refractivity contribution in [3.05, 3.63) is 17.7 Å². The molecule has 2 atom stereocenters. The molecule has 0 radical (unpaired) electrons. The van der Waals surface area contributed by atoms with Gasteiger partial charge in [-0.05, 0) is 12.8 Å². The van der Waals surface area contributed by atoms with Crippen LogP contribution in [0.1, 0.15) is 44.4 Å². The van der Waals surface area contributed by atoms with Gasteiger partial charge in [-0.25, -0.2) is 4.98 Å². The number of imidazole rings is 1. The normalized spacial score (nSPS) is 16.2. The average molecular weight is 183 g/mol. The third-order valence-electron chi connectivity index (χ3n) is 2.08. The highest BCUT2D eigenvalue weighted by Crippen LogP contribution is 2.17. The van der Waals surface area contributed by atoms with Crippen LogP contribution in [-0.4, -0.2) is 15.1 Å². The van der Waals surface area contributed by atoms with Crippen LogP contribution in [0.25, 0.3) is 0 Å². The molecule has 0 spiro atoms. The van der Waals surface area contributed by atoms with Crippen molar-refractivity contribution in [2.45, 2.75) is 32.9 Å². The monoisotopic (exact) mass is 183 g/mol. The maximum Gasteiger partial charge on any atom is 0.123 e. The second-order valence-corrected chi connectivity index (χ2v) is 3.66. The summed E-state index contributed by atoms with van der Waals surface area (Å²) in [4.78, 5) is 7.17. The molecule has 4 heteroatoms. The molecule has 0 saturated heterocycles. The van der Waals surface area contributed by atoms with Gasteiger partial charge in [-0.1, -0.05) is 13.8 Å². The molecule has 1 heterocycles. The van der Waals surface area contributed by atoms with Gasteiger partial charge in [-0.2, -0.15) is 0 Å². The maximum absolute atomic E-state index is 9.23. The van der Waals surface area contributed by atoms with Gasteiger partial charge in [0.1, 0.15) is 5.82 Å². The van der Waals surface area contributed by atoms with Gasteiger partial charge < -0.3 is 15.8 Å². The zero-order chi connectivity index (χ0) is 10.0. The number of nitrogens with zero attached hydrogens (tertiary/aromatic N) is 1. The molecular weight excluding hydrogens is 166 g/mol. The van der Waals surface area contributed by atoms with Gasteiger partial charge in [-0.15, -0.1) is 0 Å². The van der Waals surface area contributed by atoms with E-state index in [1.807, 2.05) is 13.8 Å². The Morgan fingerprint density at radius 3 is 2.46 bits per heavy atom. The Bertz CT molecular complexity index is 268. The fourth-order valence-corrected chi connectivity index (χ4v) is 1.05. The minimum absolute atomic E-state index is 0.0903. The van der Waals surface area contributed by atoms with Crippen molar-refractivity contribution in [2.24, 2.45) is 11.7 Å². The minimum atomic E-state index is -0.538. The molecule has 0 amide bonds.